The first kappa shape index (κ1) is 19.5. The largest absolute Gasteiger partial charge is 0.435 e. The third kappa shape index (κ3) is 4.90. The summed E-state index contributed by atoms with van der Waals surface area (Å²) >= 11 is 0. The molecular formula is C16H18F5N5O. The quantitative estimate of drug-likeness (QED) is 0.785. The van der Waals surface area contributed by atoms with Gasteiger partial charge in [-0.3, -0.25) is 0 Å². The lowest BCUT2D eigenvalue weighted by Gasteiger charge is -2.28. The number of alkyl halides is 5. The van der Waals surface area contributed by atoms with E-state index < -0.39 is 17.8 Å². The molecular weight excluding hydrogens is 373 g/mol. The van der Waals surface area contributed by atoms with Crippen LogP contribution in [0.2, 0.25) is 0 Å². The van der Waals surface area contributed by atoms with Gasteiger partial charge in [0.2, 0.25) is 11.9 Å². The fourth-order valence-corrected chi connectivity index (χ4v) is 2.86. The first-order valence-electron chi connectivity index (χ1n) is 8.31. The van der Waals surface area contributed by atoms with Crippen LogP contribution in [0.4, 0.5) is 27.9 Å². The number of aromatic nitrogens is 4. The normalized spacial score (nSPS) is 17.9. The van der Waals surface area contributed by atoms with Crippen molar-refractivity contribution >= 4 is 5.95 Å². The fraction of sp³-hybridized carbons (Fsp3) is 0.562. The van der Waals surface area contributed by atoms with Crippen LogP contribution in [-0.2, 0) is 17.5 Å². The highest BCUT2D eigenvalue weighted by Crippen LogP contribution is 2.34. The number of hydrogen-bond donors (Lipinski definition) is 1. The van der Waals surface area contributed by atoms with Crippen LogP contribution in [0.1, 0.15) is 37.1 Å². The van der Waals surface area contributed by atoms with Crippen molar-refractivity contribution in [2.45, 2.75) is 50.4 Å². The molecule has 11 heteroatoms. The Morgan fingerprint density at radius 1 is 1.26 bits per heavy atom. The molecule has 3 rings (SSSR count). The van der Waals surface area contributed by atoms with Crippen molar-refractivity contribution in [1.29, 1.82) is 0 Å². The van der Waals surface area contributed by atoms with Gasteiger partial charge in [-0.05, 0) is 18.9 Å². The molecule has 2 aromatic rings. The molecule has 0 bridgehead atoms. The molecule has 0 saturated heterocycles. The maximum atomic E-state index is 13.3. The van der Waals surface area contributed by atoms with Gasteiger partial charge in [-0.2, -0.15) is 23.3 Å². The summed E-state index contributed by atoms with van der Waals surface area (Å²) in [4.78, 5) is 8.42. The van der Waals surface area contributed by atoms with Crippen molar-refractivity contribution in [3.63, 3.8) is 0 Å². The summed E-state index contributed by atoms with van der Waals surface area (Å²) in [5.41, 5.74) is -0.617. The molecule has 1 N–H and O–H groups in total. The highest BCUT2D eigenvalue weighted by molar-refractivity contribution is 5.36. The lowest BCUT2D eigenvalue weighted by atomic mass is 9.92. The van der Waals surface area contributed by atoms with Gasteiger partial charge in [0.25, 0.3) is 0 Å². The van der Waals surface area contributed by atoms with Crippen molar-refractivity contribution < 1.29 is 26.7 Å². The van der Waals surface area contributed by atoms with Crippen LogP contribution in [0.5, 0.6) is 0 Å². The smallest absolute Gasteiger partial charge is 0.378 e. The van der Waals surface area contributed by atoms with E-state index in [2.05, 4.69) is 20.4 Å². The summed E-state index contributed by atoms with van der Waals surface area (Å²) in [6, 6.07) is 2.06. The number of rotatable bonds is 5. The number of nitrogens with one attached hydrogen (secondary N) is 1. The first-order chi connectivity index (χ1) is 12.7. The van der Waals surface area contributed by atoms with Gasteiger partial charge in [0.05, 0.1) is 12.3 Å². The fourth-order valence-electron chi connectivity index (χ4n) is 2.86. The molecule has 1 aliphatic carbocycles. The first-order valence-corrected chi connectivity index (χ1v) is 8.31. The minimum absolute atomic E-state index is 0.111. The molecule has 0 unspecified atom stereocenters. The van der Waals surface area contributed by atoms with Gasteiger partial charge in [0.15, 0.2) is 11.5 Å². The number of anilines is 1. The molecule has 0 atom stereocenters. The molecule has 27 heavy (non-hydrogen) atoms. The van der Waals surface area contributed by atoms with Gasteiger partial charge in [-0.1, -0.05) is 0 Å². The number of methoxy groups -OCH3 is 1. The molecule has 2 aromatic heterocycles. The topological polar surface area (TPSA) is 64.9 Å². The van der Waals surface area contributed by atoms with Gasteiger partial charge in [-0.25, -0.2) is 18.4 Å². The average Bonchev–Trinajstić information content (AvgIpc) is 3.07. The Bertz CT molecular complexity index is 782. The van der Waals surface area contributed by atoms with Gasteiger partial charge >= 0.3 is 6.18 Å². The number of ether oxygens (including phenoxy) is 1. The summed E-state index contributed by atoms with van der Waals surface area (Å²) in [6.45, 7) is 0.111. The van der Waals surface area contributed by atoms with Crippen LogP contribution in [0.15, 0.2) is 18.3 Å². The van der Waals surface area contributed by atoms with Crippen molar-refractivity contribution in [2.24, 2.45) is 0 Å². The summed E-state index contributed by atoms with van der Waals surface area (Å²) in [5, 5.41) is 6.48. The Hall–Kier alpha value is -2.30. The van der Waals surface area contributed by atoms with Crippen LogP contribution >= 0.6 is 0 Å². The van der Waals surface area contributed by atoms with E-state index in [0.717, 1.165) is 16.9 Å². The van der Waals surface area contributed by atoms with Crippen molar-refractivity contribution in [3.8, 4) is 5.82 Å². The van der Waals surface area contributed by atoms with E-state index in [4.69, 9.17) is 4.74 Å². The molecule has 1 fully saturated rings. The van der Waals surface area contributed by atoms with Crippen molar-refractivity contribution in [2.75, 3.05) is 12.4 Å². The van der Waals surface area contributed by atoms with E-state index in [1.165, 1.54) is 13.2 Å². The third-order valence-corrected chi connectivity index (χ3v) is 4.22. The summed E-state index contributed by atoms with van der Waals surface area (Å²) < 4.78 is 70.9. The summed E-state index contributed by atoms with van der Waals surface area (Å²) in [6.07, 6.45) is -3.39. The second-order valence-corrected chi connectivity index (χ2v) is 6.39. The second-order valence-electron chi connectivity index (χ2n) is 6.39. The minimum atomic E-state index is -4.57. The highest BCUT2D eigenvalue weighted by Gasteiger charge is 2.35. The summed E-state index contributed by atoms with van der Waals surface area (Å²) in [5.74, 6) is -2.40. The van der Waals surface area contributed by atoms with Gasteiger partial charge < -0.3 is 10.1 Å². The van der Waals surface area contributed by atoms with Crippen LogP contribution < -0.4 is 5.32 Å². The van der Waals surface area contributed by atoms with Crippen LogP contribution in [0, 0.1) is 0 Å². The third-order valence-electron chi connectivity index (χ3n) is 4.22. The lowest BCUT2D eigenvalue weighted by molar-refractivity contribution is -0.141. The molecule has 6 nitrogen and oxygen atoms in total. The second kappa shape index (κ2) is 7.37. The zero-order chi connectivity index (χ0) is 19.7. The lowest BCUT2D eigenvalue weighted by Crippen LogP contribution is -2.32. The zero-order valence-electron chi connectivity index (χ0n) is 14.4. The average molecular weight is 391 g/mol. The molecule has 0 aromatic carbocycles. The Morgan fingerprint density at radius 3 is 2.56 bits per heavy atom. The highest BCUT2D eigenvalue weighted by atomic mass is 19.4. The predicted octanol–water partition coefficient (Wildman–Crippen LogP) is 3.82. The zero-order valence-corrected chi connectivity index (χ0v) is 14.4. The van der Waals surface area contributed by atoms with Crippen LogP contribution in [-0.4, -0.2) is 38.8 Å². The van der Waals surface area contributed by atoms with Gasteiger partial charge in [0.1, 0.15) is 0 Å². The van der Waals surface area contributed by atoms with Crippen molar-refractivity contribution in [1.82, 2.24) is 19.7 Å². The Kier molecular flexibility index (Phi) is 5.31. The monoisotopic (exact) mass is 391 g/mol. The Labute approximate surface area is 151 Å². The summed E-state index contributed by atoms with van der Waals surface area (Å²) in [7, 11) is 1.45. The molecule has 0 spiro atoms. The molecule has 1 aliphatic rings. The van der Waals surface area contributed by atoms with E-state index in [-0.39, 0.29) is 50.1 Å². The molecule has 0 amide bonds. The van der Waals surface area contributed by atoms with E-state index in [0.29, 0.717) is 5.69 Å². The molecule has 0 radical (unpaired) electrons. The molecule has 0 aliphatic heterocycles. The maximum absolute atomic E-state index is 13.3. The van der Waals surface area contributed by atoms with E-state index in [9.17, 15) is 22.0 Å². The number of hydrogen-bond acceptors (Lipinski definition) is 5. The number of nitrogens with zero attached hydrogens (tertiary/aromatic N) is 4. The molecule has 148 valence electrons. The van der Waals surface area contributed by atoms with E-state index in [1.54, 1.807) is 0 Å². The molecule has 1 saturated carbocycles. The standard InChI is InChI=1S/C16H18F5N5O/c1-27-9-11-8-13(26-7-4-12(25-26)16(19,20)21)24-14(23-11)22-10-2-5-15(17,18)6-3-10/h4,7-8,10H,2-3,5-6,9H2,1H3,(H,22,23,24). The number of halogens is 5. The van der Waals surface area contributed by atoms with E-state index >= 15 is 0 Å². The van der Waals surface area contributed by atoms with Gasteiger partial charge in [-0.15, -0.1) is 0 Å². The van der Waals surface area contributed by atoms with E-state index in [1.807, 2.05) is 0 Å². The minimum Gasteiger partial charge on any atom is -0.378 e. The van der Waals surface area contributed by atoms with Gasteiger partial charge in [0, 0.05) is 38.3 Å². The Balaban J connectivity index is 1.83. The Morgan fingerprint density at radius 2 is 1.96 bits per heavy atom. The predicted molar refractivity (Wildman–Crippen MR) is 85.7 cm³/mol. The van der Waals surface area contributed by atoms with Crippen LogP contribution in [0.3, 0.4) is 0 Å². The maximum Gasteiger partial charge on any atom is 0.435 e. The van der Waals surface area contributed by atoms with Crippen LogP contribution in [0.25, 0.3) is 5.82 Å². The van der Waals surface area contributed by atoms with Crippen molar-refractivity contribution in [3.05, 3.63) is 29.7 Å². The SMILES string of the molecule is COCc1cc(-n2ccc(C(F)(F)F)n2)nc(NC2CCC(F)(F)CC2)n1. The molecule has 2 heterocycles.